The zero-order chi connectivity index (χ0) is 14.0. The van der Waals surface area contributed by atoms with E-state index >= 15 is 0 Å². The number of hydrogen-bond donors (Lipinski definition) is 3. The molecule has 6 nitrogen and oxygen atoms in total. The summed E-state index contributed by atoms with van der Waals surface area (Å²) in [6.45, 7) is -0.387. The number of aromatic carboxylic acids is 1. The molecule has 1 heterocycles. The minimum atomic E-state index is -1.10. The van der Waals surface area contributed by atoms with E-state index in [0.717, 1.165) is 0 Å². The molecule has 0 atom stereocenters. The summed E-state index contributed by atoms with van der Waals surface area (Å²) in [5.41, 5.74) is 2.27. The van der Waals surface area contributed by atoms with Gasteiger partial charge in [0.2, 0.25) is 0 Å². The maximum Gasteiger partial charge on any atom is 0.357 e. The minimum Gasteiger partial charge on any atom is -0.476 e. The molecule has 100 valence electrons. The summed E-state index contributed by atoms with van der Waals surface area (Å²) < 4.78 is 1.43. The SMILES string of the molecule is Cn1cc(-c2ccc(CO)c(CO)c2)c(C(=O)O)n1. The van der Waals surface area contributed by atoms with E-state index in [9.17, 15) is 9.90 Å². The number of aryl methyl sites for hydroxylation is 1. The van der Waals surface area contributed by atoms with Gasteiger partial charge in [0, 0.05) is 18.8 Å². The number of carboxylic acids is 1. The van der Waals surface area contributed by atoms with Crippen LogP contribution in [0.4, 0.5) is 0 Å². The Labute approximate surface area is 109 Å². The Kier molecular flexibility index (Phi) is 3.64. The van der Waals surface area contributed by atoms with Gasteiger partial charge in [0.05, 0.1) is 13.2 Å². The van der Waals surface area contributed by atoms with Crippen molar-refractivity contribution >= 4 is 5.97 Å². The first-order valence-electron chi connectivity index (χ1n) is 5.67. The third kappa shape index (κ3) is 2.49. The van der Waals surface area contributed by atoms with Crippen molar-refractivity contribution in [3.8, 4) is 11.1 Å². The molecular formula is C13H14N2O4. The average Bonchev–Trinajstić information content (AvgIpc) is 2.80. The molecule has 2 aromatic rings. The van der Waals surface area contributed by atoms with Gasteiger partial charge in [-0.1, -0.05) is 12.1 Å². The highest BCUT2D eigenvalue weighted by Crippen LogP contribution is 2.25. The number of carbonyl (C=O) groups is 1. The molecule has 0 saturated carbocycles. The summed E-state index contributed by atoms with van der Waals surface area (Å²) in [7, 11) is 1.64. The van der Waals surface area contributed by atoms with E-state index in [1.54, 1.807) is 31.4 Å². The molecule has 1 aromatic carbocycles. The van der Waals surface area contributed by atoms with Gasteiger partial charge in [0.15, 0.2) is 5.69 Å². The van der Waals surface area contributed by atoms with E-state index in [1.165, 1.54) is 4.68 Å². The lowest BCUT2D eigenvalue weighted by atomic mass is 10.00. The van der Waals surface area contributed by atoms with Gasteiger partial charge in [-0.15, -0.1) is 0 Å². The second kappa shape index (κ2) is 5.21. The molecular weight excluding hydrogens is 248 g/mol. The van der Waals surface area contributed by atoms with Gasteiger partial charge in [0.1, 0.15) is 0 Å². The average molecular weight is 262 g/mol. The Morgan fingerprint density at radius 2 is 1.95 bits per heavy atom. The van der Waals surface area contributed by atoms with Crippen molar-refractivity contribution in [1.82, 2.24) is 9.78 Å². The quantitative estimate of drug-likeness (QED) is 0.756. The van der Waals surface area contributed by atoms with Crippen molar-refractivity contribution in [2.24, 2.45) is 7.05 Å². The molecule has 0 aliphatic carbocycles. The number of nitrogens with zero attached hydrogens (tertiary/aromatic N) is 2. The first-order chi connectivity index (χ1) is 9.06. The van der Waals surface area contributed by atoms with Crippen LogP contribution in [0.15, 0.2) is 24.4 Å². The first kappa shape index (κ1) is 13.3. The van der Waals surface area contributed by atoms with Crippen LogP contribution in [0.3, 0.4) is 0 Å². The van der Waals surface area contributed by atoms with Gasteiger partial charge in [-0.05, 0) is 22.8 Å². The highest BCUT2D eigenvalue weighted by atomic mass is 16.4. The number of carboxylic acid groups (broad SMARTS) is 1. The zero-order valence-corrected chi connectivity index (χ0v) is 10.4. The maximum absolute atomic E-state index is 11.1. The van der Waals surface area contributed by atoms with Gasteiger partial charge < -0.3 is 15.3 Å². The van der Waals surface area contributed by atoms with E-state index in [4.69, 9.17) is 10.2 Å². The van der Waals surface area contributed by atoms with Crippen LogP contribution in [0.25, 0.3) is 11.1 Å². The summed E-state index contributed by atoms with van der Waals surface area (Å²) in [6, 6.07) is 5.03. The molecule has 0 unspecified atom stereocenters. The van der Waals surface area contributed by atoms with Crippen LogP contribution in [0, 0.1) is 0 Å². The van der Waals surface area contributed by atoms with Gasteiger partial charge in [-0.3, -0.25) is 4.68 Å². The lowest BCUT2D eigenvalue weighted by Gasteiger charge is -2.07. The fourth-order valence-corrected chi connectivity index (χ4v) is 1.95. The summed E-state index contributed by atoms with van der Waals surface area (Å²) in [5.74, 6) is -1.10. The Balaban J connectivity index is 2.56. The van der Waals surface area contributed by atoms with Crippen molar-refractivity contribution < 1.29 is 20.1 Å². The number of rotatable bonds is 4. The lowest BCUT2D eigenvalue weighted by molar-refractivity contribution is 0.0690. The van der Waals surface area contributed by atoms with Crippen molar-refractivity contribution in [2.75, 3.05) is 0 Å². The smallest absolute Gasteiger partial charge is 0.357 e. The van der Waals surface area contributed by atoms with E-state index in [1.807, 2.05) is 0 Å². The van der Waals surface area contributed by atoms with E-state index in [-0.39, 0.29) is 18.9 Å². The Bertz CT molecular complexity index is 619. The third-order valence-corrected chi connectivity index (χ3v) is 2.89. The molecule has 0 saturated heterocycles. The molecule has 0 aliphatic rings. The number of aliphatic hydroxyl groups is 2. The van der Waals surface area contributed by atoms with Crippen molar-refractivity contribution in [1.29, 1.82) is 0 Å². The van der Waals surface area contributed by atoms with Gasteiger partial charge in [0.25, 0.3) is 0 Å². The minimum absolute atomic E-state index is 0.0388. The molecule has 0 bridgehead atoms. The van der Waals surface area contributed by atoms with Crippen LogP contribution < -0.4 is 0 Å². The highest BCUT2D eigenvalue weighted by molar-refractivity contribution is 5.93. The topological polar surface area (TPSA) is 95.6 Å². The molecule has 0 fully saturated rings. The Morgan fingerprint density at radius 1 is 1.26 bits per heavy atom. The van der Waals surface area contributed by atoms with E-state index in [0.29, 0.717) is 22.3 Å². The Hall–Kier alpha value is -2.18. The van der Waals surface area contributed by atoms with Crippen molar-refractivity contribution in [3.05, 3.63) is 41.2 Å². The van der Waals surface area contributed by atoms with E-state index < -0.39 is 5.97 Å². The second-order valence-electron chi connectivity index (χ2n) is 4.17. The molecule has 3 N–H and O–H groups in total. The van der Waals surface area contributed by atoms with Crippen LogP contribution in [0.5, 0.6) is 0 Å². The molecule has 0 aliphatic heterocycles. The van der Waals surface area contributed by atoms with Gasteiger partial charge in [-0.2, -0.15) is 5.10 Å². The normalized spacial score (nSPS) is 10.7. The third-order valence-electron chi connectivity index (χ3n) is 2.89. The van der Waals surface area contributed by atoms with Crippen LogP contribution in [0.1, 0.15) is 21.6 Å². The fraction of sp³-hybridized carbons (Fsp3) is 0.231. The second-order valence-corrected chi connectivity index (χ2v) is 4.17. The molecule has 6 heteroatoms. The predicted octanol–water partition coefficient (Wildman–Crippen LogP) is 0.770. The van der Waals surface area contributed by atoms with E-state index in [2.05, 4.69) is 5.10 Å². The van der Waals surface area contributed by atoms with Gasteiger partial charge in [-0.25, -0.2) is 4.79 Å². The molecule has 19 heavy (non-hydrogen) atoms. The summed E-state index contributed by atoms with van der Waals surface area (Å²) >= 11 is 0. The number of aliphatic hydroxyl groups excluding tert-OH is 2. The van der Waals surface area contributed by atoms with Crippen molar-refractivity contribution in [3.63, 3.8) is 0 Å². The van der Waals surface area contributed by atoms with Gasteiger partial charge >= 0.3 is 5.97 Å². The van der Waals surface area contributed by atoms with Crippen LogP contribution >= 0.6 is 0 Å². The number of hydrogen-bond acceptors (Lipinski definition) is 4. The largest absolute Gasteiger partial charge is 0.476 e. The predicted molar refractivity (Wildman–Crippen MR) is 67.4 cm³/mol. The zero-order valence-electron chi connectivity index (χ0n) is 10.4. The summed E-state index contributed by atoms with van der Waals surface area (Å²) in [6.07, 6.45) is 1.61. The molecule has 1 aromatic heterocycles. The lowest BCUT2D eigenvalue weighted by Crippen LogP contribution is -2.01. The standard InChI is InChI=1S/C13H14N2O4/c1-15-5-11(12(14-15)13(18)19)8-2-3-9(6-16)10(4-8)7-17/h2-5,16-17H,6-7H2,1H3,(H,18,19). The van der Waals surface area contributed by atoms with Crippen LogP contribution in [0.2, 0.25) is 0 Å². The fourth-order valence-electron chi connectivity index (χ4n) is 1.95. The summed E-state index contributed by atoms with van der Waals surface area (Å²) in [5, 5.41) is 31.4. The molecule has 0 radical (unpaired) electrons. The molecule has 0 amide bonds. The number of aromatic nitrogens is 2. The monoisotopic (exact) mass is 262 g/mol. The van der Waals surface area contributed by atoms with Crippen molar-refractivity contribution in [2.45, 2.75) is 13.2 Å². The Morgan fingerprint density at radius 3 is 2.53 bits per heavy atom. The number of benzene rings is 1. The highest BCUT2D eigenvalue weighted by Gasteiger charge is 2.17. The molecule has 2 rings (SSSR count). The first-order valence-corrected chi connectivity index (χ1v) is 5.67. The summed E-state index contributed by atoms with van der Waals surface area (Å²) in [4.78, 5) is 11.1. The maximum atomic E-state index is 11.1. The van der Waals surface area contributed by atoms with Crippen LogP contribution in [-0.4, -0.2) is 31.1 Å². The van der Waals surface area contributed by atoms with Crippen LogP contribution in [-0.2, 0) is 20.3 Å². The molecule has 0 spiro atoms.